The molecule has 1 saturated carbocycles. The summed E-state index contributed by atoms with van der Waals surface area (Å²) in [6.45, 7) is 1.74. The fourth-order valence-electron chi connectivity index (χ4n) is 7.43. The molecule has 3 fully saturated rings. The van der Waals surface area contributed by atoms with E-state index in [1.54, 1.807) is 21.3 Å². The second-order valence-corrected chi connectivity index (χ2v) is 14.5. The maximum atomic E-state index is 12.9. The molecule has 1 aliphatic carbocycles. The standard InChI is InChI=1S/C39H56N4O14/c1-43(39(50)54-21-23-9-10-27(25(40)18-23)56-38-35(47)33(45)34(46)36(57-38)37(48)49)16-15-41-20-31(44)55-29-12-14-42-32(29)24-6-4-5-7-26(24)53-17-13-22-8-11-28(51-2)30(19-22)52-3/h8-11,18-19,24,26,29,32-36,38,41-42,45-47H,4-7,12-17,20-21,40H2,1-3H3,(H,48,49)/t24-,26-,29+,32?,33?,34?,35?,36?,38?/m1/s1. The summed E-state index contributed by atoms with van der Waals surface area (Å²) in [6.07, 6.45) is -4.09. The number of carboxylic acid groups (broad SMARTS) is 1. The molecule has 0 bridgehead atoms. The Labute approximate surface area is 331 Å². The average molecular weight is 805 g/mol. The third-order valence-corrected chi connectivity index (χ3v) is 10.6. The molecule has 18 heteroatoms. The predicted octanol–water partition coefficient (Wildman–Crippen LogP) is 0.807. The monoisotopic (exact) mass is 804 g/mol. The lowest BCUT2D eigenvalue weighted by molar-refractivity contribution is -0.271. The third-order valence-electron chi connectivity index (χ3n) is 10.6. The zero-order chi connectivity index (χ0) is 41.1. The van der Waals surface area contributed by atoms with E-state index in [-0.39, 0.29) is 61.3 Å². The highest BCUT2D eigenvalue weighted by atomic mass is 16.7. The van der Waals surface area contributed by atoms with Gasteiger partial charge in [0.2, 0.25) is 6.29 Å². The van der Waals surface area contributed by atoms with Gasteiger partial charge in [-0.05, 0) is 67.6 Å². The number of aliphatic hydroxyl groups excluding tert-OH is 3. The van der Waals surface area contributed by atoms with Gasteiger partial charge in [-0.2, -0.15) is 0 Å². The quantitative estimate of drug-likeness (QED) is 0.0626. The van der Waals surface area contributed by atoms with E-state index in [2.05, 4.69) is 10.6 Å². The number of aliphatic hydroxyl groups is 3. The molecule has 0 aromatic heterocycles. The molecule has 18 nitrogen and oxygen atoms in total. The maximum absolute atomic E-state index is 12.9. The van der Waals surface area contributed by atoms with Crippen molar-refractivity contribution in [1.82, 2.24) is 15.5 Å². The van der Waals surface area contributed by atoms with Crippen LogP contribution in [0.25, 0.3) is 0 Å². The van der Waals surface area contributed by atoms with Gasteiger partial charge in [0.05, 0.1) is 39.2 Å². The van der Waals surface area contributed by atoms with Crippen molar-refractivity contribution in [3.8, 4) is 17.2 Å². The second-order valence-electron chi connectivity index (χ2n) is 14.5. The normalized spacial score (nSPS) is 27.3. The highest BCUT2D eigenvalue weighted by molar-refractivity contribution is 5.73. The van der Waals surface area contributed by atoms with E-state index >= 15 is 0 Å². The Hall–Kier alpha value is -4.43. The minimum Gasteiger partial charge on any atom is -0.493 e. The topological polar surface area (TPSA) is 250 Å². The molecule has 2 aromatic rings. The van der Waals surface area contributed by atoms with Crippen LogP contribution in [-0.2, 0) is 41.6 Å². The number of anilines is 1. The van der Waals surface area contributed by atoms with Crippen molar-refractivity contribution in [2.75, 3.05) is 59.8 Å². The largest absolute Gasteiger partial charge is 0.493 e. The van der Waals surface area contributed by atoms with Crippen LogP contribution in [0.4, 0.5) is 10.5 Å². The highest BCUT2D eigenvalue weighted by Crippen LogP contribution is 2.35. The van der Waals surface area contributed by atoms with Gasteiger partial charge in [0, 0.05) is 32.1 Å². The molecule has 0 radical (unpaired) electrons. The number of hydrogen-bond donors (Lipinski definition) is 7. The molecule has 316 valence electrons. The Bertz CT molecular complexity index is 1650. The van der Waals surface area contributed by atoms with Crippen LogP contribution < -0.4 is 30.6 Å². The Morgan fingerprint density at radius 3 is 2.40 bits per heavy atom. The van der Waals surface area contributed by atoms with Crippen molar-refractivity contribution in [3.63, 3.8) is 0 Å². The van der Waals surface area contributed by atoms with Crippen LogP contribution in [-0.4, -0.2) is 146 Å². The van der Waals surface area contributed by atoms with Gasteiger partial charge in [-0.1, -0.05) is 25.0 Å². The van der Waals surface area contributed by atoms with E-state index in [0.29, 0.717) is 30.2 Å². The summed E-state index contributed by atoms with van der Waals surface area (Å²) < 4.78 is 39.2. The van der Waals surface area contributed by atoms with E-state index in [0.717, 1.165) is 50.6 Å². The van der Waals surface area contributed by atoms with Crippen molar-refractivity contribution in [2.24, 2.45) is 5.92 Å². The van der Waals surface area contributed by atoms with Crippen molar-refractivity contribution in [2.45, 2.75) is 94.1 Å². The van der Waals surface area contributed by atoms with Crippen LogP contribution >= 0.6 is 0 Å². The molecule has 2 saturated heterocycles. The second kappa shape index (κ2) is 20.8. The number of likely N-dealkylation sites (N-methyl/N-ethyl adjacent to an activating group) is 1. The Morgan fingerprint density at radius 2 is 1.67 bits per heavy atom. The van der Waals surface area contributed by atoms with E-state index in [1.165, 1.54) is 23.1 Å². The number of esters is 1. The molecular formula is C39H56N4O14. The third kappa shape index (κ3) is 11.6. The van der Waals surface area contributed by atoms with Gasteiger partial charge < -0.3 is 74.9 Å². The molecule has 2 aromatic carbocycles. The first-order valence-corrected chi connectivity index (χ1v) is 19.2. The number of nitrogens with one attached hydrogen (secondary N) is 2. The summed E-state index contributed by atoms with van der Waals surface area (Å²) in [5.74, 6) is -0.305. The zero-order valence-corrected chi connectivity index (χ0v) is 32.5. The van der Waals surface area contributed by atoms with E-state index in [4.69, 9.17) is 38.9 Å². The minimum atomic E-state index is -1.86. The summed E-state index contributed by atoms with van der Waals surface area (Å²) in [5.41, 5.74) is 7.73. The average Bonchev–Trinajstić information content (AvgIpc) is 3.66. The number of aliphatic carboxylic acids is 1. The molecule has 57 heavy (non-hydrogen) atoms. The molecule has 8 N–H and O–H groups in total. The highest BCUT2D eigenvalue weighted by Gasteiger charge is 2.48. The number of carbonyl (C=O) groups is 3. The number of nitrogen functional groups attached to an aromatic ring is 1. The molecule has 1 amide bonds. The first kappa shape index (κ1) is 43.7. The van der Waals surface area contributed by atoms with Crippen molar-refractivity contribution >= 4 is 23.7 Å². The first-order valence-electron chi connectivity index (χ1n) is 19.2. The van der Waals surface area contributed by atoms with Crippen LogP contribution in [0, 0.1) is 5.92 Å². The lowest BCUT2D eigenvalue weighted by atomic mass is 9.80. The number of rotatable bonds is 18. The zero-order valence-electron chi connectivity index (χ0n) is 32.5. The summed E-state index contributed by atoms with van der Waals surface area (Å²) in [7, 11) is 4.79. The molecule has 5 rings (SSSR count). The first-order chi connectivity index (χ1) is 27.4. The van der Waals surface area contributed by atoms with E-state index < -0.39 is 42.8 Å². The van der Waals surface area contributed by atoms with Gasteiger partial charge in [0.15, 0.2) is 17.6 Å². The SMILES string of the molecule is COc1ccc(CCO[C@@H]2CCCC[C@H]2C2NCC[C@@H]2OC(=O)CNCCN(C)C(=O)OCc2ccc(OC3OC(C(=O)O)C(O)C(O)C3O)c(N)c2)cc1OC. The van der Waals surface area contributed by atoms with Crippen molar-refractivity contribution in [3.05, 3.63) is 47.5 Å². The van der Waals surface area contributed by atoms with Crippen LogP contribution in [0.3, 0.4) is 0 Å². The van der Waals surface area contributed by atoms with E-state index in [1.807, 2.05) is 18.2 Å². The minimum absolute atomic E-state index is 0.00842. The molecule has 2 aliphatic heterocycles. The van der Waals surface area contributed by atoms with Gasteiger partial charge in [0.25, 0.3) is 0 Å². The summed E-state index contributed by atoms with van der Waals surface area (Å²) in [6, 6.07) is 10.3. The van der Waals surface area contributed by atoms with Crippen LogP contribution in [0.15, 0.2) is 36.4 Å². The van der Waals surface area contributed by atoms with Crippen molar-refractivity contribution < 1.29 is 68.0 Å². The Morgan fingerprint density at radius 1 is 0.930 bits per heavy atom. The predicted molar refractivity (Wildman–Crippen MR) is 203 cm³/mol. The van der Waals surface area contributed by atoms with Gasteiger partial charge in [-0.3, -0.25) is 4.79 Å². The summed E-state index contributed by atoms with van der Waals surface area (Å²) in [4.78, 5) is 38.2. The number of carboxylic acids is 1. The fraction of sp³-hybridized carbons (Fsp3) is 0.615. The molecule has 6 unspecified atom stereocenters. The lowest BCUT2D eigenvalue weighted by Gasteiger charge is -2.38. The summed E-state index contributed by atoms with van der Waals surface area (Å²) in [5, 5.41) is 45.9. The number of hydrogen-bond acceptors (Lipinski definition) is 16. The molecule has 2 heterocycles. The number of benzene rings is 2. The molecular weight excluding hydrogens is 748 g/mol. The lowest BCUT2D eigenvalue weighted by Crippen LogP contribution is -2.61. The number of methoxy groups -OCH3 is 2. The van der Waals surface area contributed by atoms with Crippen molar-refractivity contribution in [1.29, 1.82) is 0 Å². The van der Waals surface area contributed by atoms with Gasteiger partial charge in [-0.15, -0.1) is 0 Å². The smallest absolute Gasteiger partial charge is 0.409 e. The number of nitrogens with zero attached hydrogens (tertiary/aromatic N) is 1. The van der Waals surface area contributed by atoms with Crippen LogP contribution in [0.2, 0.25) is 0 Å². The Balaban J connectivity index is 1.000. The maximum Gasteiger partial charge on any atom is 0.409 e. The number of ether oxygens (including phenoxy) is 7. The van der Waals surface area contributed by atoms with Gasteiger partial charge in [-0.25, -0.2) is 9.59 Å². The molecule has 3 aliphatic rings. The van der Waals surface area contributed by atoms with Gasteiger partial charge >= 0.3 is 18.0 Å². The van der Waals surface area contributed by atoms with E-state index in [9.17, 15) is 34.8 Å². The molecule has 9 atom stereocenters. The van der Waals surface area contributed by atoms with Gasteiger partial charge in [0.1, 0.15) is 36.8 Å². The van der Waals surface area contributed by atoms with Crippen LogP contribution in [0.5, 0.6) is 17.2 Å². The fourth-order valence-corrected chi connectivity index (χ4v) is 7.43. The molecule has 0 spiro atoms. The summed E-state index contributed by atoms with van der Waals surface area (Å²) >= 11 is 0. The Kier molecular flexibility index (Phi) is 16.0. The number of amides is 1. The number of carbonyl (C=O) groups excluding carboxylic acids is 2. The van der Waals surface area contributed by atoms with Crippen LogP contribution in [0.1, 0.15) is 43.2 Å². The number of nitrogens with two attached hydrogens (primary N) is 1.